The summed E-state index contributed by atoms with van der Waals surface area (Å²) in [5.74, 6) is 0. The minimum Gasteiger partial charge on any atom is -0.233 e. The summed E-state index contributed by atoms with van der Waals surface area (Å²) in [5.41, 5.74) is 2.41. The molecular formula is C16H12ClN4OS+. The summed E-state index contributed by atoms with van der Waals surface area (Å²) < 4.78 is 3.99. The lowest BCUT2D eigenvalue weighted by molar-refractivity contribution is -0.587. The van der Waals surface area contributed by atoms with Crippen LogP contribution in [0.3, 0.4) is 0 Å². The van der Waals surface area contributed by atoms with Crippen molar-refractivity contribution in [3.8, 4) is 5.69 Å². The van der Waals surface area contributed by atoms with Crippen LogP contribution in [0.2, 0.25) is 4.47 Å². The highest BCUT2D eigenvalue weighted by molar-refractivity contribution is 7.15. The molecule has 0 saturated carbocycles. The maximum Gasteiger partial charge on any atom is 0.449 e. The van der Waals surface area contributed by atoms with Crippen LogP contribution in [0.4, 0.5) is 0 Å². The molecule has 4 aromatic rings. The lowest BCUT2D eigenvalue weighted by Gasteiger charge is -1.98. The minimum atomic E-state index is -0.175. The molecule has 0 aliphatic heterocycles. The van der Waals surface area contributed by atoms with E-state index in [1.54, 1.807) is 10.8 Å². The number of aromatic nitrogens is 4. The number of hydrogen-bond donors (Lipinski definition) is 1. The fourth-order valence-electron chi connectivity index (χ4n) is 2.60. The van der Waals surface area contributed by atoms with Crippen molar-refractivity contribution < 1.29 is 4.52 Å². The van der Waals surface area contributed by atoms with Crippen LogP contribution in [0.15, 0.2) is 59.5 Å². The number of aromatic amines is 1. The maximum atomic E-state index is 12.4. The van der Waals surface area contributed by atoms with Crippen molar-refractivity contribution in [2.75, 3.05) is 0 Å². The molecule has 0 aliphatic rings. The number of pyridine rings is 1. The molecule has 0 amide bonds. The maximum absolute atomic E-state index is 12.4. The van der Waals surface area contributed by atoms with Crippen LogP contribution < -0.4 is 10.2 Å². The molecule has 0 aliphatic carbocycles. The zero-order valence-electron chi connectivity index (χ0n) is 11.9. The number of halogens is 1. The number of nitrogens with one attached hydrogen (secondary N) is 1. The van der Waals surface area contributed by atoms with E-state index in [4.69, 9.17) is 11.6 Å². The predicted molar refractivity (Wildman–Crippen MR) is 89.5 cm³/mol. The first-order valence-corrected chi connectivity index (χ1v) is 8.22. The van der Waals surface area contributed by atoms with Gasteiger partial charge in [-0.3, -0.25) is 0 Å². The van der Waals surface area contributed by atoms with Crippen LogP contribution in [0.25, 0.3) is 11.3 Å². The molecule has 0 fully saturated rings. The molecule has 7 heteroatoms. The smallest absolute Gasteiger partial charge is 0.233 e. The topological polar surface area (TPSA) is 54.8 Å². The zero-order valence-corrected chi connectivity index (χ0v) is 13.5. The number of fused-ring (bicyclic) bond motifs is 1. The van der Waals surface area contributed by atoms with E-state index in [-0.39, 0.29) is 5.69 Å². The van der Waals surface area contributed by atoms with Gasteiger partial charge >= 0.3 is 11.3 Å². The molecule has 1 N–H and O–H groups in total. The minimum absolute atomic E-state index is 0.175. The first kappa shape index (κ1) is 14.2. The Hall–Kier alpha value is -2.44. The largest absolute Gasteiger partial charge is 0.449 e. The summed E-state index contributed by atoms with van der Waals surface area (Å²) >= 11 is 7.33. The SMILES string of the molecule is O=c1[nH][n+]2c(Cc3cnc(Cl)s3)cccc2n1-c1ccccc1. The molecule has 0 unspecified atom stereocenters. The standard InChI is InChI=1S/C16H11ClN4OS/c17-15-18-10-13(23-15)9-12-7-4-8-14-20(16(22)19-21(12)14)11-5-2-1-3-6-11/h1-8,10H,9H2/p+1. The Morgan fingerprint density at radius 2 is 2.00 bits per heavy atom. The second-order valence-electron chi connectivity index (χ2n) is 5.05. The molecule has 3 heterocycles. The average Bonchev–Trinajstić information content (AvgIpc) is 3.11. The van der Waals surface area contributed by atoms with Crippen LogP contribution in [0, 0.1) is 0 Å². The molecule has 0 spiro atoms. The molecule has 0 bridgehead atoms. The lowest BCUT2D eigenvalue weighted by Crippen LogP contribution is -2.31. The third-order valence-electron chi connectivity index (χ3n) is 3.58. The van der Waals surface area contributed by atoms with Gasteiger partial charge in [0.15, 0.2) is 4.47 Å². The molecule has 0 radical (unpaired) electrons. The first-order valence-electron chi connectivity index (χ1n) is 7.03. The molecule has 5 nitrogen and oxygen atoms in total. The van der Waals surface area contributed by atoms with Gasteiger partial charge in [0.2, 0.25) is 0 Å². The van der Waals surface area contributed by atoms with Gasteiger partial charge < -0.3 is 0 Å². The number of para-hydroxylation sites is 1. The van der Waals surface area contributed by atoms with Gasteiger partial charge in [-0.25, -0.2) is 9.78 Å². The van der Waals surface area contributed by atoms with Crippen molar-refractivity contribution in [3.63, 3.8) is 0 Å². The van der Waals surface area contributed by atoms with Crippen LogP contribution in [0.5, 0.6) is 0 Å². The summed E-state index contributed by atoms with van der Waals surface area (Å²) in [6, 6.07) is 15.4. The van der Waals surface area contributed by atoms with Gasteiger partial charge in [-0.05, 0) is 18.2 Å². The zero-order chi connectivity index (χ0) is 15.8. The molecule has 3 aromatic heterocycles. The summed E-state index contributed by atoms with van der Waals surface area (Å²) in [6.07, 6.45) is 2.42. The van der Waals surface area contributed by atoms with Gasteiger partial charge in [0.25, 0.3) is 0 Å². The molecule has 4 rings (SSSR count). The van der Waals surface area contributed by atoms with Gasteiger partial charge in [0.1, 0.15) is 11.4 Å². The summed E-state index contributed by atoms with van der Waals surface area (Å²) in [6.45, 7) is 0. The van der Waals surface area contributed by atoms with E-state index < -0.39 is 0 Å². The third-order valence-corrected chi connectivity index (χ3v) is 4.70. The quantitative estimate of drug-likeness (QED) is 0.581. The number of hydrogen-bond acceptors (Lipinski definition) is 3. The van der Waals surface area contributed by atoms with E-state index in [0.29, 0.717) is 10.9 Å². The van der Waals surface area contributed by atoms with E-state index in [2.05, 4.69) is 10.1 Å². The second-order valence-corrected chi connectivity index (χ2v) is 6.75. The Labute approximate surface area is 140 Å². The molecule has 1 aromatic carbocycles. The van der Waals surface area contributed by atoms with Gasteiger partial charge in [0.05, 0.1) is 0 Å². The van der Waals surface area contributed by atoms with Crippen molar-refractivity contribution in [1.82, 2.24) is 14.6 Å². The lowest BCUT2D eigenvalue weighted by atomic mass is 10.2. The average molecular weight is 344 g/mol. The first-order chi connectivity index (χ1) is 11.2. The van der Waals surface area contributed by atoms with E-state index in [1.807, 2.05) is 53.0 Å². The molecule has 0 saturated heterocycles. The number of thiazole rings is 1. The fourth-order valence-corrected chi connectivity index (χ4v) is 3.60. The van der Waals surface area contributed by atoms with E-state index >= 15 is 0 Å². The number of benzene rings is 1. The van der Waals surface area contributed by atoms with E-state index in [0.717, 1.165) is 21.9 Å². The van der Waals surface area contributed by atoms with Crippen LogP contribution >= 0.6 is 22.9 Å². The summed E-state index contributed by atoms with van der Waals surface area (Å²) in [5, 5.41) is 2.90. The van der Waals surface area contributed by atoms with Crippen molar-refractivity contribution in [1.29, 1.82) is 0 Å². The Morgan fingerprint density at radius 3 is 2.74 bits per heavy atom. The number of nitrogens with zero attached hydrogens (tertiary/aromatic N) is 3. The third kappa shape index (κ3) is 2.56. The number of rotatable bonds is 3. The molecule has 23 heavy (non-hydrogen) atoms. The van der Waals surface area contributed by atoms with E-state index in [9.17, 15) is 4.79 Å². The van der Waals surface area contributed by atoms with Gasteiger partial charge in [-0.15, -0.1) is 25.5 Å². The highest BCUT2D eigenvalue weighted by Crippen LogP contribution is 2.20. The highest BCUT2D eigenvalue weighted by Gasteiger charge is 2.20. The number of H-pyrrole nitrogens is 1. The molecule has 0 atom stereocenters. The van der Waals surface area contributed by atoms with Gasteiger partial charge in [-0.2, -0.15) is 0 Å². The van der Waals surface area contributed by atoms with Crippen molar-refractivity contribution in [2.24, 2.45) is 0 Å². The second kappa shape index (κ2) is 5.64. The van der Waals surface area contributed by atoms with Crippen molar-refractivity contribution in [2.45, 2.75) is 6.42 Å². The fraction of sp³-hybridized carbons (Fsp3) is 0.0625. The van der Waals surface area contributed by atoms with Crippen LogP contribution in [0.1, 0.15) is 10.6 Å². The predicted octanol–water partition coefficient (Wildman–Crippen LogP) is 2.61. The Kier molecular flexibility index (Phi) is 3.48. The molecular weight excluding hydrogens is 332 g/mol. The van der Waals surface area contributed by atoms with Crippen molar-refractivity contribution >= 4 is 28.6 Å². The van der Waals surface area contributed by atoms with Gasteiger partial charge in [-0.1, -0.05) is 35.9 Å². The Bertz CT molecular complexity index is 1040. The summed E-state index contributed by atoms with van der Waals surface area (Å²) in [7, 11) is 0. The van der Waals surface area contributed by atoms with Crippen molar-refractivity contribution in [3.05, 3.63) is 80.2 Å². The monoisotopic (exact) mass is 343 g/mol. The summed E-state index contributed by atoms with van der Waals surface area (Å²) in [4.78, 5) is 17.5. The Balaban J connectivity index is 1.87. The normalized spacial score (nSPS) is 11.2. The molecule has 114 valence electrons. The highest BCUT2D eigenvalue weighted by atomic mass is 35.5. The van der Waals surface area contributed by atoms with Crippen LogP contribution in [-0.2, 0) is 6.42 Å². The van der Waals surface area contributed by atoms with Gasteiger partial charge in [0, 0.05) is 23.6 Å². The Morgan fingerprint density at radius 1 is 1.17 bits per heavy atom. The van der Waals surface area contributed by atoms with Crippen LogP contribution in [-0.4, -0.2) is 14.6 Å². The van der Waals surface area contributed by atoms with E-state index in [1.165, 1.54) is 11.3 Å².